The van der Waals surface area contributed by atoms with Crippen LogP contribution in [0, 0.1) is 0 Å². The van der Waals surface area contributed by atoms with Gasteiger partial charge in [0.1, 0.15) is 18.0 Å². The maximum atomic E-state index is 13.3. The van der Waals surface area contributed by atoms with E-state index in [0.29, 0.717) is 22.7 Å². The summed E-state index contributed by atoms with van der Waals surface area (Å²) in [5, 5.41) is 13.9. The van der Waals surface area contributed by atoms with E-state index in [1.807, 2.05) is 0 Å². The fraction of sp³-hybridized carbons (Fsp3) is 0.130. The van der Waals surface area contributed by atoms with Crippen LogP contribution in [0.5, 0.6) is 11.5 Å². The molecule has 0 saturated carbocycles. The first kappa shape index (κ1) is 22.8. The standard InChI is InChI=1S/C23H23N3O5S/c1-17(21-10-6-7-11-22(21)27)24-25-23(28)16-26(18-12-14-19(31-2)15-13-18)32(29,30)20-8-4-3-5-9-20/h3-15,27H,16H2,1-2H3,(H,25,28)/b24-17-. The second-order valence-electron chi connectivity index (χ2n) is 6.77. The zero-order chi connectivity index (χ0) is 23.1. The lowest BCUT2D eigenvalue weighted by Gasteiger charge is -2.24. The number of nitrogens with one attached hydrogen (secondary N) is 1. The molecule has 166 valence electrons. The largest absolute Gasteiger partial charge is 0.507 e. The van der Waals surface area contributed by atoms with Crippen molar-refractivity contribution in [2.24, 2.45) is 5.10 Å². The van der Waals surface area contributed by atoms with Crippen LogP contribution >= 0.6 is 0 Å². The molecule has 0 heterocycles. The Morgan fingerprint density at radius 2 is 1.62 bits per heavy atom. The third-order valence-electron chi connectivity index (χ3n) is 4.62. The Balaban J connectivity index is 1.87. The Hall–Kier alpha value is -3.85. The second kappa shape index (κ2) is 9.97. The quantitative estimate of drug-likeness (QED) is 0.402. The number of amides is 1. The van der Waals surface area contributed by atoms with Crippen LogP contribution in [0.1, 0.15) is 12.5 Å². The van der Waals surface area contributed by atoms with Crippen molar-refractivity contribution in [3.05, 3.63) is 84.4 Å². The molecule has 9 heteroatoms. The van der Waals surface area contributed by atoms with E-state index in [1.54, 1.807) is 67.6 Å². The number of carbonyl (C=O) groups is 1. The van der Waals surface area contributed by atoms with Gasteiger partial charge in [0.2, 0.25) is 0 Å². The minimum Gasteiger partial charge on any atom is -0.507 e. The number of rotatable bonds is 8. The molecule has 0 saturated heterocycles. The van der Waals surface area contributed by atoms with E-state index in [0.717, 1.165) is 4.31 Å². The van der Waals surface area contributed by atoms with Gasteiger partial charge >= 0.3 is 0 Å². The number of sulfonamides is 1. The van der Waals surface area contributed by atoms with Crippen molar-refractivity contribution >= 4 is 27.3 Å². The van der Waals surface area contributed by atoms with Crippen molar-refractivity contribution in [3.8, 4) is 11.5 Å². The van der Waals surface area contributed by atoms with Gasteiger partial charge in [0.25, 0.3) is 15.9 Å². The number of ether oxygens (including phenoxy) is 1. The second-order valence-corrected chi connectivity index (χ2v) is 8.63. The van der Waals surface area contributed by atoms with Gasteiger partial charge in [-0.25, -0.2) is 13.8 Å². The van der Waals surface area contributed by atoms with Crippen LogP contribution in [0.3, 0.4) is 0 Å². The number of nitrogens with zero attached hydrogens (tertiary/aromatic N) is 2. The molecule has 0 aliphatic heterocycles. The van der Waals surface area contributed by atoms with Crippen LogP contribution in [0.25, 0.3) is 0 Å². The number of anilines is 1. The van der Waals surface area contributed by atoms with Crippen molar-refractivity contribution < 1.29 is 23.1 Å². The van der Waals surface area contributed by atoms with Crippen LogP contribution in [-0.4, -0.2) is 38.8 Å². The van der Waals surface area contributed by atoms with E-state index in [1.165, 1.54) is 25.3 Å². The van der Waals surface area contributed by atoms with Crippen LogP contribution in [-0.2, 0) is 14.8 Å². The van der Waals surface area contributed by atoms with Gasteiger partial charge < -0.3 is 9.84 Å². The third kappa shape index (κ3) is 5.25. The fourth-order valence-corrected chi connectivity index (χ4v) is 4.38. The summed E-state index contributed by atoms with van der Waals surface area (Å²) in [5.41, 5.74) is 3.49. The Bertz CT molecular complexity index is 1210. The molecule has 1 amide bonds. The summed E-state index contributed by atoms with van der Waals surface area (Å²) in [7, 11) is -2.52. The molecule has 8 nitrogen and oxygen atoms in total. The topological polar surface area (TPSA) is 108 Å². The predicted molar refractivity (Wildman–Crippen MR) is 122 cm³/mol. The molecular formula is C23H23N3O5S. The van der Waals surface area contributed by atoms with Crippen molar-refractivity contribution in [1.82, 2.24) is 5.43 Å². The Kier molecular flexibility index (Phi) is 7.11. The molecule has 0 radical (unpaired) electrons. The van der Waals surface area contributed by atoms with E-state index in [2.05, 4.69) is 10.5 Å². The van der Waals surface area contributed by atoms with Crippen molar-refractivity contribution in [2.45, 2.75) is 11.8 Å². The third-order valence-corrected chi connectivity index (χ3v) is 6.41. The first-order chi connectivity index (χ1) is 15.3. The zero-order valence-electron chi connectivity index (χ0n) is 17.6. The van der Waals surface area contributed by atoms with Crippen molar-refractivity contribution in [3.63, 3.8) is 0 Å². The lowest BCUT2D eigenvalue weighted by molar-refractivity contribution is -0.119. The number of methoxy groups -OCH3 is 1. The van der Waals surface area contributed by atoms with Gasteiger partial charge in [0.15, 0.2) is 0 Å². The molecule has 0 aliphatic rings. The van der Waals surface area contributed by atoms with E-state index in [-0.39, 0.29) is 10.6 Å². The number of phenols is 1. The average Bonchev–Trinajstić information content (AvgIpc) is 2.82. The highest BCUT2D eigenvalue weighted by molar-refractivity contribution is 7.92. The van der Waals surface area contributed by atoms with E-state index in [4.69, 9.17) is 4.74 Å². The Morgan fingerprint density at radius 1 is 1.00 bits per heavy atom. The fourth-order valence-electron chi connectivity index (χ4n) is 2.94. The van der Waals surface area contributed by atoms with E-state index in [9.17, 15) is 18.3 Å². The van der Waals surface area contributed by atoms with Gasteiger partial charge in [-0.3, -0.25) is 9.10 Å². The summed E-state index contributed by atoms with van der Waals surface area (Å²) in [6.07, 6.45) is 0. The minimum atomic E-state index is -4.02. The molecule has 0 bridgehead atoms. The summed E-state index contributed by atoms with van der Waals surface area (Å²) in [5.74, 6) is -0.0669. The number of carbonyl (C=O) groups excluding carboxylic acids is 1. The van der Waals surface area contributed by atoms with Gasteiger partial charge in [-0.1, -0.05) is 30.3 Å². The molecule has 3 rings (SSSR count). The Labute approximate surface area is 186 Å². The highest BCUT2D eigenvalue weighted by Gasteiger charge is 2.27. The number of aromatic hydroxyl groups is 1. The summed E-state index contributed by atoms with van der Waals surface area (Å²) >= 11 is 0. The number of hydrazone groups is 1. The van der Waals surface area contributed by atoms with Crippen LogP contribution in [0.4, 0.5) is 5.69 Å². The minimum absolute atomic E-state index is 0.0227. The summed E-state index contributed by atoms with van der Waals surface area (Å²) in [6.45, 7) is 1.12. The normalized spacial score (nSPS) is 11.6. The number of para-hydroxylation sites is 1. The monoisotopic (exact) mass is 453 g/mol. The molecule has 0 spiro atoms. The lowest BCUT2D eigenvalue weighted by atomic mass is 10.1. The summed E-state index contributed by atoms with van der Waals surface area (Å²) in [4.78, 5) is 12.7. The molecule has 0 aromatic heterocycles. The van der Waals surface area contributed by atoms with Crippen LogP contribution < -0.4 is 14.5 Å². The van der Waals surface area contributed by atoms with E-state index >= 15 is 0 Å². The smallest absolute Gasteiger partial charge is 0.264 e. The van der Waals surface area contributed by atoms with Crippen LogP contribution in [0.2, 0.25) is 0 Å². The molecule has 2 N–H and O–H groups in total. The predicted octanol–water partition coefficient (Wildman–Crippen LogP) is 3.14. The van der Waals surface area contributed by atoms with Gasteiger partial charge in [0.05, 0.1) is 23.4 Å². The van der Waals surface area contributed by atoms with Gasteiger partial charge in [-0.15, -0.1) is 0 Å². The molecule has 3 aromatic carbocycles. The maximum Gasteiger partial charge on any atom is 0.264 e. The molecule has 0 atom stereocenters. The first-order valence-corrected chi connectivity index (χ1v) is 11.1. The van der Waals surface area contributed by atoms with Gasteiger partial charge in [0, 0.05) is 5.56 Å². The number of phenolic OH excluding ortho intramolecular Hbond substituents is 1. The first-order valence-electron chi connectivity index (χ1n) is 9.66. The maximum absolute atomic E-state index is 13.3. The highest BCUT2D eigenvalue weighted by Crippen LogP contribution is 2.25. The number of benzene rings is 3. The summed E-state index contributed by atoms with van der Waals surface area (Å²) in [6, 6.07) is 20.8. The van der Waals surface area contributed by atoms with Gasteiger partial charge in [-0.2, -0.15) is 5.10 Å². The molecule has 0 unspecified atom stereocenters. The van der Waals surface area contributed by atoms with Crippen LogP contribution in [0.15, 0.2) is 88.9 Å². The zero-order valence-corrected chi connectivity index (χ0v) is 18.4. The van der Waals surface area contributed by atoms with Crippen molar-refractivity contribution in [1.29, 1.82) is 0 Å². The summed E-state index contributed by atoms with van der Waals surface area (Å²) < 4.78 is 32.7. The molecule has 0 fully saturated rings. The Morgan fingerprint density at radius 3 is 2.25 bits per heavy atom. The molecule has 32 heavy (non-hydrogen) atoms. The molecular weight excluding hydrogens is 430 g/mol. The molecule has 3 aromatic rings. The highest BCUT2D eigenvalue weighted by atomic mass is 32.2. The average molecular weight is 454 g/mol. The molecule has 0 aliphatic carbocycles. The SMILES string of the molecule is COc1ccc(N(CC(=O)N/N=C(/C)c2ccccc2O)S(=O)(=O)c2ccccc2)cc1. The number of hydrogen-bond acceptors (Lipinski definition) is 6. The lowest BCUT2D eigenvalue weighted by Crippen LogP contribution is -2.39. The van der Waals surface area contributed by atoms with Gasteiger partial charge in [-0.05, 0) is 55.5 Å². The number of hydrogen-bond donors (Lipinski definition) is 2. The van der Waals surface area contributed by atoms with E-state index < -0.39 is 22.5 Å². The van der Waals surface area contributed by atoms with Crippen molar-refractivity contribution in [2.75, 3.05) is 18.0 Å².